The molecule has 0 saturated heterocycles. The number of anilines is 6. The van der Waals surface area contributed by atoms with Crippen molar-refractivity contribution in [2.75, 3.05) is 9.80 Å². The van der Waals surface area contributed by atoms with Crippen LogP contribution in [0.25, 0.3) is 104 Å². The van der Waals surface area contributed by atoms with Crippen molar-refractivity contribution in [3.05, 3.63) is 223 Å². The van der Waals surface area contributed by atoms with Crippen LogP contribution in [0.1, 0.15) is 11.1 Å². The molecule has 0 N–H and O–H groups in total. The zero-order chi connectivity index (χ0) is 45.5. The fourth-order valence-corrected chi connectivity index (χ4v) is 11.7. The van der Waals surface area contributed by atoms with E-state index in [9.17, 15) is 0 Å². The minimum absolute atomic E-state index is 0.858. The predicted octanol–water partition coefficient (Wildman–Crippen LogP) is 18.5. The maximum absolute atomic E-state index is 6.88. The third-order valence-electron chi connectivity index (χ3n) is 14.7. The van der Waals surface area contributed by atoms with Crippen LogP contribution < -0.4 is 9.80 Å². The van der Waals surface area contributed by atoms with E-state index in [-0.39, 0.29) is 0 Å². The number of furan rings is 2. The molecule has 324 valence electrons. The van der Waals surface area contributed by atoms with E-state index in [0.717, 1.165) is 111 Å². The third kappa shape index (κ3) is 5.24. The van der Waals surface area contributed by atoms with E-state index in [1.807, 2.05) is 0 Å². The number of fused-ring (bicyclic) bond motifs is 14. The molecule has 0 unspecified atom stereocenters. The van der Waals surface area contributed by atoms with Gasteiger partial charge in [0.15, 0.2) is 11.2 Å². The molecule has 5 nitrogen and oxygen atoms in total. The molecule has 0 aliphatic carbocycles. The number of hydrogen-bond donors (Lipinski definition) is 0. The molecule has 0 bridgehead atoms. The Labute approximate surface area is 396 Å². The van der Waals surface area contributed by atoms with Gasteiger partial charge in [-0.25, -0.2) is 0 Å². The summed E-state index contributed by atoms with van der Waals surface area (Å²) >= 11 is 0. The molecule has 5 heteroatoms. The Morgan fingerprint density at radius 3 is 1.17 bits per heavy atom. The molecule has 0 amide bonds. The quantitative estimate of drug-likeness (QED) is 0.167. The first-order valence-corrected chi connectivity index (χ1v) is 23.7. The highest BCUT2D eigenvalue weighted by Crippen LogP contribution is 2.55. The molecule has 0 spiro atoms. The van der Waals surface area contributed by atoms with Crippen molar-refractivity contribution in [3.63, 3.8) is 0 Å². The van der Waals surface area contributed by atoms with Crippen LogP contribution in [0.3, 0.4) is 0 Å². The molecule has 4 heterocycles. The van der Waals surface area contributed by atoms with Crippen LogP contribution in [0.5, 0.6) is 0 Å². The van der Waals surface area contributed by atoms with Crippen LogP contribution >= 0.6 is 0 Å². The second-order valence-electron chi connectivity index (χ2n) is 18.5. The number of hydrogen-bond acceptors (Lipinski definition) is 4. The molecule has 0 aliphatic heterocycles. The maximum Gasteiger partial charge on any atom is 0.159 e. The molecular weight excluding hydrogens is 843 g/mol. The van der Waals surface area contributed by atoms with E-state index >= 15 is 0 Å². The molecule has 0 radical (unpaired) electrons. The van der Waals surface area contributed by atoms with Crippen molar-refractivity contribution >= 4 is 138 Å². The summed E-state index contributed by atoms with van der Waals surface area (Å²) in [5, 5.41) is 13.8. The van der Waals surface area contributed by atoms with Crippen molar-refractivity contribution < 1.29 is 8.83 Å². The van der Waals surface area contributed by atoms with Gasteiger partial charge in [-0.1, -0.05) is 164 Å². The van der Waals surface area contributed by atoms with Gasteiger partial charge >= 0.3 is 0 Å². The van der Waals surface area contributed by atoms with Crippen molar-refractivity contribution in [1.29, 1.82) is 0 Å². The van der Waals surface area contributed by atoms with Crippen molar-refractivity contribution in [2.24, 2.45) is 0 Å². The van der Waals surface area contributed by atoms with E-state index in [1.165, 1.54) is 38.2 Å². The normalized spacial score (nSPS) is 12.2. The van der Waals surface area contributed by atoms with Gasteiger partial charge < -0.3 is 23.0 Å². The SMILES string of the molecule is Cc1ccccc1N(c1cccc2c1oc1ccccc12)c1c2ccccc2cc2c1c1cccc3c4c(N(c5ccccc5C)c5cccc6c5oc5ccccc56)c5ccccc5cc4n2c13. The summed E-state index contributed by atoms with van der Waals surface area (Å²) in [5.41, 5.74) is 15.7. The van der Waals surface area contributed by atoms with Gasteiger partial charge in [0.1, 0.15) is 11.2 Å². The van der Waals surface area contributed by atoms with E-state index < -0.39 is 0 Å². The summed E-state index contributed by atoms with van der Waals surface area (Å²) < 4.78 is 16.3. The molecule has 0 aliphatic rings. The van der Waals surface area contributed by atoms with Gasteiger partial charge in [0, 0.05) is 65.2 Å². The second-order valence-corrected chi connectivity index (χ2v) is 18.5. The lowest BCUT2D eigenvalue weighted by molar-refractivity contribution is 0.669. The minimum atomic E-state index is 0.858. The van der Waals surface area contributed by atoms with Gasteiger partial charge in [-0.05, 0) is 84.3 Å². The molecule has 0 atom stereocenters. The first kappa shape index (κ1) is 38.1. The fourth-order valence-electron chi connectivity index (χ4n) is 11.7. The monoisotopic (exact) mass is 883 g/mol. The standard InChI is InChI=1S/C64H41N3O2/c1-38-18-3-11-30-50(38)65(52-32-16-26-46-44-24-9-13-34-56(44)68-63(46)52)61-42-22-7-5-20-40(42)36-54-58(61)48-28-15-29-49-59-55(67(54)60(48)49)37-41-21-6-8-23-43(41)62(59)66(51-31-12-4-19-39(51)2)53-33-17-27-47-45-25-10-14-35-57(45)69-64(47)53/h3-37H,1-2H3. The first-order chi connectivity index (χ1) is 34.1. The number of benzene rings is 11. The largest absolute Gasteiger partial charge is 0.454 e. The van der Waals surface area contributed by atoms with Crippen molar-refractivity contribution in [3.8, 4) is 0 Å². The van der Waals surface area contributed by atoms with Gasteiger partial charge in [-0.15, -0.1) is 0 Å². The Bertz CT molecular complexity index is 4320. The zero-order valence-electron chi connectivity index (χ0n) is 37.9. The van der Waals surface area contributed by atoms with Gasteiger partial charge in [0.25, 0.3) is 0 Å². The van der Waals surface area contributed by atoms with Gasteiger partial charge in [-0.3, -0.25) is 0 Å². The lowest BCUT2D eigenvalue weighted by Gasteiger charge is -2.30. The van der Waals surface area contributed by atoms with Crippen LogP contribution in [-0.2, 0) is 0 Å². The van der Waals surface area contributed by atoms with Crippen LogP contribution in [0, 0.1) is 13.8 Å². The maximum atomic E-state index is 6.88. The summed E-state index contributed by atoms with van der Waals surface area (Å²) in [6, 6.07) is 76.8. The van der Waals surface area contributed by atoms with Crippen LogP contribution in [0.15, 0.2) is 221 Å². The highest BCUT2D eigenvalue weighted by atomic mass is 16.3. The Balaban J connectivity index is 1.12. The van der Waals surface area contributed by atoms with Crippen molar-refractivity contribution in [1.82, 2.24) is 4.40 Å². The third-order valence-corrected chi connectivity index (χ3v) is 14.7. The Hall–Kier alpha value is -9.06. The average molecular weight is 884 g/mol. The Morgan fingerprint density at radius 2 is 0.696 bits per heavy atom. The van der Waals surface area contributed by atoms with Gasteiger partial charge in [0.2, 0.25) is 0 Å². The smallest absolute Gasteiger partial charge is 0.159 e. The molecule has 11 aromatic carbocycles. The molecule has 15 aromatic rings. The highest BCUT2D eigenvalue weighted by molar-refractivity contribution is 6.34. The summed E-state index contributed by atoms with van der Waals surface area (Å²) in [6.45, 7) is 4.42. The van der Waals surface area contributed by atoms with E-state index in [1.54, 1.807) is 0 Å². The number of aryl methyl sites for hydroxylation is 2. The molecule has 15 rings (SSSR count). The molecular formula is C64H41N3O2. The van der Waals surface area contributed by atoms with E-state index in [2.05, 4.69) is 240 Å². The summed E-state index contributed by atoms with van der Waals surface area (Å²) in [4.78, 5) is 4.95. The number of nitrogens with zero attached hydrogens (tertiary/aromatic N) is 3. The van der Waals surface area contributed by atoms with Crippen LogP contribution in [0.2, 0.25) is 0 Å². The number of para-hydroxylation sites is 7. The topological polar surface area (TPSA) is 37.2 Å². The van der Waals surface area contributed by atoms with Gasteiger partial charge in [-0.2, -0.15) is 0 Å². The summed E-state index contributed by atoms with van der Waals surface area (Å²) in [5.74, 6) is 0. The molecule has 0 saturated carbocycles. The zero-order valence-corrected chi connectivity index (χ0v) is 37.9. The molecule has 69 heavy (non-hydrogen) atoms. The lowest BCUT2D eigenvalue weighted by atomic mass is 9.97. The highest BCUT2D eigenvalue weighted by Gasteiger charge is 2.31. The minimum Gasteiger partial charge on any atom is -0.454 e. The molecule has 4 aromatic heterocycles. The second kappa shape index (κ2) is 14.2. The number of rotatable bonds is 6. The van der Waals surface area contributed by atoms with Crippen LogP contribution in [0.4, 0.5) is 34.1 Å². The number of aromatic nitrogens is 1. The molecule has 0 fully saturated rings. The average Bonchev–Trinajstić information content (AvgIpc) is 4.15. The lowest BCUT2D eigenvalue weighted by Crippen LogP contribution is -2.13. The van der Waals surface area contributed by atoms with E-state index in [4.69, 9.17) is 8.83 Å². The predicted molar refractivity (Wildman–Crippen MR) is 290 cm³/mol. The van der Waals surface area contributed by atoms with E-state index in [0.29, 0.717) is 0 Å². The Morgan fingerprint density at radius 1 is 0.333 bits per heavy atom. The van der Waals surface area contributed by atoms with Gasteiger partial charge in [0.05, 0.1) is 39.3 Å². The summed E-state index contributed by atoms with van der Waals surface area (Å²) in [6.07, 6.45) is 0. The Kier molecular flexibility index (Phi) is 7.85. The van der Waals surface area contributed by atoms with Crippen LogP contribution in [-0.4, -0.2) is 4.40 Å². The first-order valence-electron chi connectivity index (χ1n) is 23.7. The summed E-state index contributed by atoms with van der Waals surface area (Å²) in [7, 11) is 0. The fraction of sp³-hybridized carbons (Fsp3) is 0.0312. The van der Waals surface area contributed by atoms with Crippen molar-refractivity contribution in [2.45, 2.75) is 13.8 Å².